The van der Waals surface area contributed by atoms with Crippen molar-refractivity contribution >= 4 is 5.91 Å². The molecule has 0 aliphatic rings. The van der Waals surface area contributed by atoms with E-state index in [1.807, 2.05) is 26.8 Å². The van der Waals surface area contributed by atoms with E-state index in [2.05, 4.69) is 18.4 Å². The number of aryl methyl sites for hydroxylation is 2. The number of hydrazine groups is 1. The Morgan fingerprint density at radius 1 is 1.39 bits per heavy atom. The Hall–Kier alpha value is -1.55. The third-order valence-electron chi connectivity index (χ3n) is 3.03. The zero-order valence-corrected chi connectivity index (χ0v) is 11.5. The molecule has 0 radical (unpaired) electrons. The molecule has 1 rings (SSSR count). The highest BCUT2D eigenvalue weighted by molar-refractivity contribution is 5.75. The van der Waals surface area contributed by atoms with Crippen LogP contribution in [0.4, 0.5) is 0 Å². The molecule has 0 aliphatic heterocycles. The number of nitrogens with one attached hydrogen (secondary N) is 1. The van der Waals surface area contributed by atoms with Crippen molar-refractivity contribution in [3.8, 4) is 5.75 Å². The van der Waals surface area contributed by atoms with Gasteiger partial charge in [-0.1, -0.05) is 6.07 Å². The van der Waals surface area contributed by atoms with Gasteiger partial charge in [0.15, 0.2) is 0 Å². The highest BCUT2D eigenvalue weighted by Crippen LogP contribution is 2.24. The smallest absolute Gasteiger partial charge is 0.234 e. The molecule has 1 atom stereocenters. The molecule has 3 N–H and O–H groups in total. The van der Waals surface area contributed by atoms with E-state index < -0.39 is 0 Å². The van der Waals surface area contributed by atoms with Gasteiger partial charge in [0.2, 0.25) is 5.91 Å². The number of carbonyl (C=O) groups excluding carboxylic acids is 1. The minimum Gasteiger partial charge on any atom is -0.490 e. The van der Waals surface area contributed by atoms with Gasteiger partial charge in [0.05, 0.1) is 6.10 Å². The Morgan fingerprint density at radius 2 is 2.06 bits per heavy atom. The Labute approximate surface area is 108 Å². The molecule has 0 fully saturated rings. The van der Waals surface area contributed by atoms with E-state index in [0.717, 1.165) is 11.3 Å². The van der Waals surface area contributed by atoms with E-state index in [-0.39, 0.29) is 12.0 Å². The normalized spacial score (nSPS) is 12.1. The maximum atomic E-state index is 11.1. The molecule has 0 aliphatic carbocycles. The van der Waals surface area contributed by atoms with E-state index in [4.69, 9.17) is 10.6 Å². The monoisotopic (exact) mass is 250 g/mol. The maximum Gasteiger partial charge on any atom is 0.234 e. The number of hydrogen-bond acceptors (Lipinski definition) is 3. The van der Waals surface area contributed by atoms with Gasteiger partial charge in [0.1, 0.15) is 5.75 Å². The first kappa shape index (κ1) is 14.5. The third kappa shape index (κ3) is 4.04. The Bertz CT molecular complexity index is 430. The molecule has 4 nitrogen and oxygen atoms in total. The molecule has 1 unspecified atom stereocenters. The van der Waals surface area contributed by atoms with Crippen LogP contribution in [0.2, 0.25) is 0 Å². The van der Waals surface area contributed by atoms with Crippen molar-refractivity contribution in [2.75, 3.05) is 0 Å². The topological polar surface area (TPSA) is 64.3 Å². The van der Waals surface area contributed by atoms with Crippen molar-refractivity contribution in [3.05, 3.63) is 28.8 Å². The molecule has 1 aromatic carbocycles. The number of rotatable bonds is 5. The van der Waals surface area contributed by atoms with Crippen molar-refractivity contribution in [2.45, 2.75) is 46.6 Å². The summed E-state index contributed by atoms with van der Waals surface area (Å²) in [6.45, 7) is 8.12. The number of amides is 1. The molecule has 0 bridgehead atoms. The second-order valence-electron chi connectivity index (χ2n) is 4.74. The van der Waals surface area contributed by atoms with Crippen molar-refractivity contribution in [1.29, 1.82) is 0 Å². The summed E-state index contributed by atoms with van der Waals surface area (Å²) < 4.78 is 5.88. The average Bonchev–Trinajstić information content (AvgIpc) is 2.32. The predicted molar refractivity (Wildman–Crippen MR) is 72.3 cm³/mol. The van der Waals surface area contributed by atoms with Crippen molar-refractivity contribution in [3.63, 3.8) is 0 Å². The number of ether oxygens (including phenoxy) is 1. The first-order chi connectivity index (χ1) is 8.43. The Balaban J connectivity index is 2.64. The maximum absolute atomic E-state index is 11.1. The summed E-state index contributed by atoms with van der Waals surface area (Å²) in [6.07, 6.45) is 1.01. The van der Waals surface area contributed by atoms with Crippen molar-refractivity contribution in [2.24, 2.45) is 5.84 Å². The molecular weight excluding hydrogens is 228 g/mol. The lowest BCUT2D eigenvalue weighted by atomic mass is 10.1. The lowest BCUT2D eigenvalue weighted by Crippen LogP contribution is -2.30. The van der Waals surface area contributed by atoms with Crippen LogP contribution in [-0.2, 0) is 4.79 Å². The van der Waals surface area contributed by atoms with Crippen LogP contribution < -0.4 is 16.0 Å². The van der Waals surface area contributed by atoms with E-state index >= 15 is 0 Å². The minimum atomic E-state index is -0.164. The SMILES string of the molecule is Cc1cc(C)c(C)c(OC(C)CCC(=O)NN)c1. The van der Waals surface area contributed by atoms with Crippen molar-refractivity contribution in [1.82, 2.24) is 5.43 Å². The summed E-state index contributed by atoms with van der Waals surface area (Å²) in [5.74, 6) is 5.77. The summed E-state index contributed by atoms with van der Waals surface area (Å²) in [6, 6.07) is 4.16. The molecule has 0 aromatic heterocycles. The highest BCUT2D eigenvalue weighted by Gasteiger charge is 2.10. The average molecular weight is 250 g/mol. The fraction of sp³-hybridized carbons (Fsp3) is 0.500. The fourth-order valence-electron chi connectivity index (χ4n) is 1.81. The molecule has 1 amide bonds. The van der Waals surface area contributed by atoms with Crippen LogP contribution in [0.1, 0.15) is 36.5 Å². The number of carbonyl (C=O) groups is 1. The summed E-state index contributed by atoms with van der Waals surface area (Å²) >= 11 is 0. The molecule has 0 saturated heterocycles. The van der Waals surface area contributed by atoms with Gasteiger partial charge in [-0.3, -0.25) is 10.2 Å². The second-order valence-corrected chi connectivity index (χ2v) is 4.74. The van der Waals surface area contributed by atoms with Gasteiger partial charge in [-0.15, -0.1) is 0 Å². The second kappa shape index (κ2) is 6.40. The van der Waals surface area contributed by atoms with Gasteiger partial charge < -0.3 is 4.74 Å². The molecule has 0 heterocycles. The molecule has 4 heteroatoms. The number of hydrogen-bond donors (Lipinski definition) is 2. The van der Waals surface area contributed by atoms with Gasteiger partial charge in [-0.25, -0.2) is 5.84 Å². The molecule has 0 spiro atoms. The summed E-state index contributed by atoms with van der Waals surface area (Å²) in [5.41, 5.74) is 5.67. The summed E-state index contributed by atoms with van der Waals surface area (Å²) in [7, 11) is 0. The van der Waals surface area contributed by atoms with Gasteiger partial charge in [0.25, 0.3) is 0 Å². The van der Waals surface area contributed by atoms with Gasteiger partial charge in [-0.2, -0.15) is 0 Å². The Kier molecular flexibility index (Phi) is 5.16. The zero-order valence-electron chi connectivity index (χ0n) is 11.5. The molecule has 1 aromatic rings. The van der Waals surface area contributed by atoms with Crippen LogP contribution in [0, 0.1) is 20.8 Å². The van der Waals surface area contributed by atoms with Crippen molar-refractivity contribution < 1.29 is 9.53 Å². The van der Waals surface area contributed by atoms with Gasteiger partial charge >= 0.3 is 0 Å². The predicted octanol–water partition coefficient (Wildman–Crippen LogP) is 2.15. The van der Waals surface area contributed by atoms with Crippen LogP contribution >= 0.6 is 0 Å². The van der Waals surface area contributed by atoms with Crippen LogP contribution in [0.3, 0.4) is 0 Å². The highest BCUT2D eigenvalue weighted by atomic mass is 16.5. The third-order valence-corrected chi connectivity index (χ3v) is 3.03. The molecule has 0 saturated carbocycles. The zero-order chi connectivity index (χ0) is 13.7. The van der Waals surface area contributed by atoms with E-state index in [1.165, 1.54) is 11.1 Å². The summed E-state index contributed by atoms with van der Waals surface area (Å²) in [4.78, 5) is 11.1. The Morgan fingerprint density at radius 3 is 2.67 bits per heavy atom. The van der Waals surface area contributed by atoms with Gasteiger partial charge in [-0.05, 0) is 56.9 Å². The standard InChI is InChI=1S/C14H22N2O2/c1-9-7-10(2)12(4)13(8-9)18-11(3)5-6-14(17)16-15/h7-8,11H,5-6,15H2,1-4H3,(H,16,17). The molecular formula is C14H22N2O2. The van der Waals surface area contributed by atoms with E-state index in [9.17, 15) is 4.79 Å². The van der Waals surface area contributed by atoms with E-state index in [0.29, 0.717) is 12.8 Å². The lowest BCUT2D eigenvalue weighted by molar-refractivity contribution is -0.121. The molecule has 100 valence electrons. The molecule has 18 heavy (non-hydrogen) atoms. The van der Waals surface area contributed by atoms with E-state index in [1.54, 1.807) is 0 Å². The first-order valence-electron chi connectivity index (χ1n) is 6.18. The van der Waals surface area contributed by atoms with Crippen LogP contribution in [-0.4, -0.2) is 12.0 Å². The quantitative estimate of drug-likeness (QED) is 0.478. The van der Waals surface area contributed by atoms with Crippen LogP contribution in [0.15, 0.2) is 12.1 Å². The minimum absolute atomic E-state index is 0.0119. The van der Waals surface area contributed by atoms with Crippen LogP contribution in [0.25, 0.3) is 0 Å². The number of benzene rings is 1. The number of nitrogens with two attached hydrogens (primary N) is 1. The lowest BCUT2D eigenvalue weighted by Gasteiger charge is -2.18. The largest absolute Gasteiger partial charge is 0.490 e. The van der Waals surface area contributed by atoms with Crippen LogP contribution in [0.5, 0.6) is 5.75 Å². The van der Waals surface area contributed by atoms with Gasteiger partial charge in [0, 0.05) is 6.42 Å². The summed E-state index contributed by atoms with van der Waals surface area (Å²) in [5, 5.41) is 0. The fourth-order valence-corrected chi connectivity index (χ4v) is 1.81. The first-order valence-corrected chi connectivity index (χ1v) is 6.18.